The zero-order valence-electron chi connectivity index (χ0n) is 25.1. The van der Waals surface area contributed by atoms with E-state index in [9.17, 15) is 14.4 Å². The molecule has 0 N–H and O–H groups in total. The molecule has 3 saturated carbocycles. The minimum atomic E-state index is -0.668. The van der Waals surface area contributed by atoms with Gasteiger partial charge in [0.05, 0.1) is 12.0 Å². The first-order valence-electron chi connectivity index (χ1n) is 15.0. The van der Waals surface area contributed by atoms with E-state index in [0.29, 0.717) is 0 Å². The Morgan fingerprint density at radius 1 is 1.02 bits per heavy atom. The molecular weight excluding hydrogens is 498 g/mol. The third kappa shape index (κ3) is 3.21. The van der Waals surface area contributed by atoms with Crippen molar-refractivity contribution in [3.8, 4) is 0 Å². The number of rotatable bonds is 1. The van der Waals surface area contributed by atoms with E-state index in [4.69, 9.17) is 6.57 Å². The second-order valence-electron chi connectivity index (χ2n) is 15.7. The summed E-state index contributed by atoms with van der Waals surface area (Å²) in [7, 11) is 0. The Hall–Kier alpha value is -2.81. The van der Waals surface area contributed by atoms with E-state index < -0.39 is 16.2 Å². The molecule has 0 amide bonds. The maximum atomic E-state index is 14.6. The Kier molecular flexibility index (Phi) is 5.57. The van der Waals surface area contributed by atoms with Gasteiger partial charge in [0.2, 0.25) is 11.6 Å². The second kappa shape index (κ2) is 8.14. The standard InChI is InChI=1S/C34H43N3O3/c1-29(2)11-13-34(28(40)37-16-15-36-20-37)14-12-33(7)26(21(34)18-29)23(38)17-25-31(5)19-22(35-8)27(39)30(3,4)24(31)9-10-32(25,33)6/h15-17,19-21,24,26H,9-14,18H2,1-7H3. The molecule has 7 atom stereocenters. The van der Waals surface area contributed by atoms with Crippen molar-refractivity contribution in [2.24, 2.45) is 50.2 Å². The van der Waals surface area contributed by atoms with Gasteiger partial charge in [0.1, 0.15) is 6.33 Å². The number of ketones is 2. The number of carbonyl (C=O) groups excluding carboxylic acids is 3. The fourth-order valence-electron chi connectivity index (χ4n) is 10.6. The van der Waals surface area contributed by atoms with Gasteiger partial charge in [0, 0.05) is 29.1 Å². The van der Waals surface area contributed by atoms with Crippen molar-refractivity contribution >= 4 is 17.5 Å². The van der Waals surface area contributed by atoms with Crippen LogP contribution in [0.25, 0.3) is 4.85 Å². The molecule has 1 aromatic heterocycles. The van der Waals surface area contributed by atoms with E-state index in [1.807, 2.05) is 26.0 Å². The lowest BCUT2D eigenvalue weighted by molar-refractivity contribution is -0.164. The Morgan fingerprint density at radius 2 is 1.73 bits per heavy atom. The summed E-state index contributed by atoms with van der Waals surface area (Å²) in [5.41, 5.74) is -1.02. The number of nitrogens with zero attached hydrogens (tertiary/aromatic N) is 3. The Morgan fingerprint density at radius 3 is 2.38 bits per heavy atom. The Labute approximate surface area is 238 Å². The fourth-order valence-corrected chi connectivity index (χ4v) is 10.6. The molecule has 40 heavy (non-hydrogen) atoms. The first-order valence-corrected chi connectivity index (χ1v) is 15.0. The van der Waals surface area contributed by atoms with Crippen LogP contribution in [0.5, 0.6) is 0 Å². The van der Waals surface area contributed by atoms with Crippen LogP contribution in [0.15, 0.2) is 42.1 Å². The zero-order chi connectivity index (χ0) is 29.1. The molecule has 0 radical (unpaired) electrons. The lowest BCUT2D eigenvalue weighted by Crippen LogP contribution is -2.66. The molecule has 1 heterocycles. The van der Waals surface area contributed by atoms with Gasteiger partial charge in [-0.25, -0.2) is 9.83 Å². The van der Waals surface area contributed by atoms with Crippen molar-refractivity contribution in [1.82, 2.24) is 9.55 Å². The summed E-state index contributed by atoms with van der Waals surface area (Å²) in [6.45, 7) is 23.1. The third-order valence-corrected chi connectivity index (χ3v) is 13.0. The third-order valence-electron chi connectivity index (χ3n) is 13.0. The van der Waals surface area contributed by atoms with Crippen LogP contribution in [0.3, 0.4) is 0 Å². The average molecular weight is 542 g/mol. The van der Waals surface area contributed by atoms with Gasteiger partial charge in [-0.3, -0.25) is 14.2 Å². The molecule has 6 rings (SSSR count). The normalized spacial score (nSPS) is 43.2. The molecule has 212 valence electrons. The van der Waals surface area contributed by atoms with Crippen LogP contribution in [0.4, 0.5) is 0 Å². The van der Waals surface area contributed by atoms with Crippen molar-refractivity contribution in [2.45, 2.75) is 93.4 Å². The topological polar surface area (TPSA) is 73.4 Å². The molecule has 0 bridgehead atoms. The summed E-state index contributed by atoms with van der Waals surface area (Å²) in [5, 5.41) is 0. The molecule has 0 aliphatic heterocycles. The highest BCUT2D eigenvalue weighted by atomic mass is 16.2. The smallest absolute Gasteiger partial charge is 0.238 e. The van der Waals surface area contributed by atoms with Crippen molar-refractivity contribution in [2.75, 3.05) is 0 Å². The van der Waals surface area contributed by atoms with Crippen molar-refractivity contribution in [3.63, 3.8) is 0 Å². The molecule has 7 unspecified atom stereocenters. The van der Waals surface area contributed by atoms with Gasteiger partial charge >= 0.3 is 0 Å². The minimum absolute atomic E-state index is 0.0318. The number of carbonyl (C=O) groups is 3. The van der Waals surface area contributed by atoms with Gasteiger partial charge in [0.25, 0.3) is 0 Å². The number of allylic oxidation sites excluding steroid dienone is 4. The van der Waals surface area contributed by atoms with Crippen LogP contribution in [0.2, 0.25) is 0 Å². The van der Waals surface area contributed by atoms with Crippen LogP contribution in [-0.2, 0) is 9.59 Å². The van der Waals surface area contributed by atoms with Crippen LogP contribution in [-0.4, -0.2) is 27.0 Å². The maximum Gasteiger partial charge on any atom is 0.238 e. The van der Waals surface area contributed by atoms with E-state index in [-0.39, 0.29) is 57.2 Å². The molecule has 5 aliphatic carbocycles. The number of Topliss-reactive ketones (excluding diaryl/α,β-unsaturated/α-hetero) is 1. The monoisotopic (exact) mass is 541 g/mol. The molecule has 6 nitrogen and oxygen atoms in total. The molecule has 0 saturated heterocycles. The first-order chi connectivity index (χ1) is 18.6. The Bertz CT molecular complexity index is 1420. The van der Waals surface area contributed by atoms with Gasteiger partial charge in [-0.1, -0.05) is 60.1 Å². The summed E-state index contributed by atoms with van der Waals surface area (Å²) in [6, 6.07) is 0. The molecular formula is C34H43N3O3. The maximum absolute atomic E-state index is 14.6. The fraction of sp³-hybridized carbons (Fsp3) is 0.676. The van der Waals surface area contributed by atoms with Gasteiger partial charge in [0.15, 0.2) is 11.6 Å². The summed E-state index contributed by atoms with van der Waals surface area (Å²) in [4.78, 5) is 49.9. The number of fused-ring (bicyclic) bond motifs is 7. The molecule has 0 aromatic carbocycles. The minimum Gasteiger partial charge on any atom is -0.307 e. The van der Waals surface area contributed by atoms with Crippen molar-refractivity contribution in [1.29, 1.82) is 0 Å². The molecule has 3 fully saturated rings. The molecule has 5 aliphatic rings. The number of hydrogen-bond acceptors (Lipinski definition) is 4. The van der Waals surface area contributed by atoms with E-state index in [1.165, 1.54) is 0 Å². The predicted octanol–water partition coefficient (Wildman–Crippen LogP) is 7.10. The lowest BCUT2D eigenvalue weighted by atomic mass is 9.34. The van der Waals surface area contributed by atoms with Crippen LogP contribution < -0.4 is 0 Å². The summed E-state index contributed by atoms with van der Waals surface area (Å²) in [6.07, 6.45) is 14.8. The number of aromatic nitrogens is 2. The molecule has 0 spiro atoms. The predicted molar refractivity (Wildman–Crippen MR) is 153 cm³/mol. The highest BCUT2D eigenvalue weighted by Gasteiger charge is 2.70. The van der Waals surface area contributed by atoms with Crippen LogP contribution in [0.1, 0.15) is 98.2 Å². The highest BCUT2D eigenvalue weighted by Crippen LogP contribution is 2.74. The van der Waals surface area contributed by atoms with Crippen LogP contribution >= 0.6 is 0 Å². The van der Waals surface area contributed by atoms with E-state index in [1.54, 1.807) is 23.3 Å². The quantitative estimate of drug-likeness (QED) is 0.356. The van der Waals surface area contributed by atoms with Gasteiger partial charge in [-0.2, -0.15) is 0 Å². The van der Waals surface area contributed by atoms with E-state index in [2.05, 4.69) is 44.4 Å². The Balaban J connectivity index is 1.53. The number of hydrogen-bond donors (Lipinski definition) is 0. The number of imidazole rings is 1. The van der Waals surface area contributed by atoms with Crippen molar-refractivity contribution < 1.29 is 14.4 Å². The van der Waals surface area contributed by atoms with Gasteiger partial charge in [-0.05, 0) is 79.1 Å². The summed E-state index contributed by atoms with van der Waals surface area (Å²) < 4.78 is 1.65. The largest absolute Gasteiger partial charge is 0.307 e. The van der Waals surface area contributed by atoms with E-state index in [0.717, 1.165) is 50.5 Å². The molecule has 1 aromatic rings. The highest BCUT2D eigenvalue weighted by molar-refractivity contribution is 6.03. The van der Waals surface area contributed by atoms with Gasteiger partial charge < -0.3 is 4.79 Å². The van der Waals surface area contributed by atoms with E-state index >= 15 is 0 Å². The zero-order valence-corrected chi connectivity index (χ0v) is 25.1. The van der Waals surface area contributed by atoms with Gasteiger partial charge in [-0.15, -0.1) is 0 Å². The first kappa shape index (κ1) is 27.4. The molecule has 6 heteroatoms. The summed E-state index contributed by atoms with van der Waals surface area (Å²) in [5.74, 6) is -0.113. The lowest BCUT2D eigenvalue weighted by Gasteiger charge is -2.69. The summed E-state index contributed by atoms with van der Waals surface area (Å²) >= 11 is 0. The SMILES string of the molecule is [C-]#[N+]C1=CC2(C)C3=CC(=O)C4C5CC(C)(C)CCC5(C(=O)n5ccnc5)CCC4(C)C3(C)CCC2C(C)(C)C1=O. The van der Waals surface area contributed by atoms with Crippen molar-refractivity contribution in [3.05, 3.63) is 53.6 Å². The second-order valence-corrected chi connectivity index (χ2v) is 15.7. The van der Waals surface area contributed by atoms with Crippen LogP contribution in [0, 0.1) is 56.8 Å². The average Bonchev–Trinajstić information content (AvgIpc) is 3.42.